The topological polar surface area (TPSA) is 29.9 Å². The summed E-state index contributed by atoms with van der Waals surface area (Å²) in [5.41, 5.74) is 2.70. The normalized spacial score (nSPS) is 12.4. The van der Waals surface area contributed by atoms with E-state index < -0.39 is 0 Å². The van der Waals surface area contributed by atoms with Crippen molar-refractivity contribution in [3.63, 3.8) is 0 Å². The monoisotopic (exact) mass is 329 g/mol. The maximum atomic E-state index is 4.58. The highest BCUT2D eigenvalue weighted by Crippen LogP contribution is 2.31. The van der Waals surface area contributed by atoms with Crippen LogP contribution in [0.3, 0.4) is 0 Å². The zero-order chi connectivity index (χ0) is 14.6. The number of rotatable bonds is 7. The molecule has 0 atom stereocenters. The Labute approximate surface area is 126 Å². The Morgan fingerprint density at radius 3 is 2.53 bits per heavy atom. The molecule has 4 heteroatoms. The van der Waals surface area contributed by atoms with Crippen molar-refractivity contribution in [1.29, 1.82) is 0 Å². The highest BCUT2D eigenvalue weighted by atomic mass is 79.9. The first kappa shape index (κ1) is 16.7. The second kappa shape index (κ2) is 6.89. The predicted octanol–water partition coefficient (Wildman–Crippen LogP) is 3.93. The number of aromatic nitrogens is 2. The van der Waals surface area contributed by atoms with E-state index in [-0.39, 0.29) is 5.41 Å². The minimum Gasteiger partial charge on any atom is -0.315 e. The van der Waals surface area contributed by atoms with Gasteiger partial charge in [-0.2, -0.15) is 5.10 Å². The van der Waals surface area contributed by atoms with Gasteiger partial charge in [0.25, 0.3) is 0 Å². The number of nitrogens with one attached hydrogen (secondary N) is 1. The SMILES string of the molecule is CCn1nc(C)c(Br)c1CC(C)(C)CCNC(C)C. The summed E-state index contributed by atoms with van der Waals surface area (Å²) in [4.78, 5) is 0. The van der Waals surface area contributed by atoms with Gasteiger partial charge in [0, 0.05) is 12.6 Å². The molecule has 3 nitrogen and oxygen atoms in total. The van der Waals surface area contributed by atoms with Crippen LogP contribution < -0.4 is 5.32 Å². The van der Waals surface area contributed by atoms with Gasteiger partial charge in [-0.25, -0.2) is 0 Å². The summed E-state index contributed by atoms with van der Waals surface area (Å²) in [7, 11) is 0. The van der Waals surface area contributed by atoms with E-state index in [1.165, 1.54) is 16.6 Å². The number of aryl methyl sites for hydroxylation is 2. The maximum absolute atomic E-state index is 4.58. The standard InChI is InChI=1S/C15H28BrN3/c1-7-19-13(14(16)12(4)18-19)10-15(5,6)8-9-17-11(2)3/h11,17H,7-10H2,1-6H3. The van der Waals surface area contributed by atoms with Crippen LogP contribution in [0.2, 0.25) is 0 Å². The van der Waals surface area contributed by atoms with E-state index in [2.05, 4.69) is 72.6 Å². The number of hydrogen-bond donors (Lipinski definition) is 1. The maximum Gasteiger partial charge on any atom is 0.0738 e. The first-order valence-corrected chi connectivity index (χ1v) is 8.01. The Bertz CT molecular complexity index is 408. The van der Waals surface area contributed by atoms with Crippen molar-refractivity contribution in [1.82, 2.24) is 15.1 Å². The Morgan fingerprint density at radius 2 is 2.00 bits per heavy atom. The first-order chi connectivity index (χ1) is 8.76. The number of hydrogen-bond acceptors (Lipinski definition) is 2. The molecular formula is C15H28BrN3. The second-order valence-corrected chi connectivity index (χ2v) is 7.15. The molecule has 0 aliphatic heterocycles. The molecule has 0 fully saturated rings. The van der Waals surface area contributed by atoms with Gasteiger partial charge in [0.15, 0.2) is 0 Å². The lowest BCUT2D eigenvalue weighted by atomic mass is 9.84. The lowest BCUT2D eigenvalue weighted by Crippen LogP contribution is -2.29. The fourth-order valence-corrected chi connectivity index (χ4v) is 2.70. The van der Waals surface area contributed by atoms with Crippen LogP contribution in [0.4, 0.5) is 0 Å². The van der Waals surface area contributed by atoms with Crippen LogP contribution in [-0.4, -0.2) is 22.4 Å². The van der Waals surface area contributed by atoms with Crippen molar-refractivity contribution in [2.75, 3.05) is 6.54 Å². The average molecular weight is 330 g/mol. The fraction of sp³-hybridized carbons (Fsp3) is 0.800. The first-order valence-electron chi connectivity index (χ1n) is 7.22. The van der Waals surface area contributed by atoms with E-state index in [1.807, 2.05) is 0 Å². The van der Waals surface area contributed by atoms with Gasteiger partial charge in [-0.3, -0.25) is 4.68 Å². The summed E-state index contributed by atoms with van der Waals surface area (Å²) in [5, 5.41) is 8.08. The molecule has 0 unspecified atom stereocenters. The van der Waals surface area contributed by atoms with E-state index in [0.29, 0.717) is 6.04 Å². The van der Waals surface area contributed by atoms with E-state index >= 15 is 0 Å². The summed E-state index contributed by atoms with van der Waals surface area (Å²) in [6, 6.07) is 0.561. The summed E-state index contributed by atoms with van der Waals surface area (Å²) in [6.45, 7) is 15.3. The predicted molar refractivity (Wildman–Crippen MR) is 85.6 cm³/mol. The van der Waals surface area contributed by atoms with Gasteiger partial charge in [-0.1, -0.05) is 27.7 Å². The average Bonchev–Trinajstić information content (AvgIpc) is 2.55. The van der Waals surface area contributed by atoms with Crippen molar-refractivity contribution >= 4 is 15.9 Å². The van der Waals surface area contributed by atoms with Crippen molar-refractivity contribution in [3.8, 4) is 0 Å². The molecule has 1 rings (SSSR count). The highest BCUT2D eigenvalue weighted by Gasteiger charge is 2.23. The molecule has 0 aliphatic carbocycles. The zero-order valence-electron chi connectivity index (χ0n) is 13.2. The van der Waals surface area contributed by atoms with Crippen LogP contribution in [0, 0.1) is 12.3 Å². The minimum absolute atomic E-state index is 0.282. The van der Waals surface area contributed by atoms with Gasteiger partial charge in [0.2, 0.25) is 0 Å². The summed E-state index contributed by atoms with van der Waals surface area (Å²) < 4.78 is 3.30. The van der Waals surface area contributed by atoms with Crippen LogP contribution >= 0.6 is 15.9 Å². The van der Waals surface area contributed by atoms with Crippen LogP contribution in [0.5, 0.6) is 0 Å². The smallest absolute Gasteiger partial charge is 0.0738 e. The summed E-state index contributed by atoms with van der Waals surface area (Å²) in [5.74, 6) is 0. The third kappa shape index (κ3) is 4.92. The quantitative estimate of drug-likeness (QED) is 0.821. The van der Waals surface area contributed by atoms with E-state index in [9.17, 15) is 0 Å². The van der Waals surface area contributed by atoms with Crippen molar-refractivity contribution < 1.29 is 0 Å². The van der Waals surface area contributed by atoms with Crippen molar-refractivity contribution in [3.05, 3.63) is 15.9 Å². The minimum atomic E-state index is 0.282. The molecule has 0 aromatic carbocycles. The Hall–Kier alpha value is -0.350. The lowest BCUT2D eigenvalue weighted by molar-refractivity contribution is 0.311. The molecular weight excluding hydrogens is 302 g/mol. The van der Waals surface area contributed by atoms with Gasteiger partial charge in [-0.05, 0) is 54.6 Å². The summed E-state index contributed by atoms with van der Waals surface area (Å²) in [6.07, 6.45) is 2.23. The molecule has 0 spiro atoms. The molecule has 1 N–H and O–H groups in total. The van der Waals surface area contributed by atoms with Crippen LogP contribution in [-0.2, 0) is 13.0 Å². The molecule has 110 valence electrons. The molecule has 0 radical (unpaired) electrons. The second-order valence-electron chi connectivity index (χ2n) is 6.36. The third-order valence-electron chi connectivity index (χ3n) is 3.45. The van der Waals surface area contributed by atoms with Gasteiger partial charge < -0.3 is 5.32 Å². The Kier molecular flexibility index (Phi) is 6.06. The van der Waals surface area contributed by atoms with E-state index in [1.54, 1.807) is 0 Å². The largest absolute Gasteiger partial charge is 0.315 e. The molecule has 0 saturated heterocycles. The fourth-order valence-electron chi connectivity index (χ4n) is 2.28. The molecule has 0 aliphatic rings. The lowest BCUT2D eigenvalue weighted by Gasteiger charge is -2.26. The molecule has 1 heterocycles. The molecule has 1 aromatic heterocycles. The van der Waals surface area contributed by atoms with Gasteiger partial charge in [-0.15, -0.1) is 0 Å². The van der Waals surface area contributed by atoms with Crippen molar-refractivity contribution in [2.45, 2.75) is 67.0 Å². The molecule has 1 aromatic rings. The van der Waals surface area contributed by atoms with Crippen LogP contribution in [0.25, 0.3) is 0 Å². The Morgan fingerprint density at radius 1 is 1.37 bits per heavy atom. The van der Waals surface area contributed by atoms with Crippen molar-refractivity contribution in [2.24, 2.45) is 5.41 Å². The zero-order valence-corrected chi connectivity index (χ0v) is 14.8. The molecule has 0 saturated carbocycles. The number of halogens is 1. The summed E-state index contributed by atoms with van der Waals surface area (Å²) >= 11 is 3.69. The van der Waals surface area contributed by atoms with Crippen LogP contribution in [0.15, 0.2) is 4.47 Å². The van der Waals surface area contributed by atoms with E-state index in [0.717, 1.165) is 25.2 Å². The molecule has 0 bridgehead atoms. The Balaban J connectivity index is 2.71. The molecule has 19 heavy (non-hydrogen) atoms. The van der Waals surface area contributed by atoms with Gasteiger partial charge in [0.1, 0.15) is 0 Å². The van der Waals surface area contributed by atoms with E-state index in [4.69, 9.17) is 0 Å². The van der Waals surface area contributed by atoms with Gasteiger partial charge >= 0.3 is 0 Å². The third-order valence-corrected chi connectivity index (χ3v) is 4.48. The van der Waals surface area contributed by atoms with Crippen LogP contribution in [0.1, 0.15) is 52.4 Å². The van der Waals surface area contributed by atoms with Gasteiger partial charge in [0.05, 0.1) is 15.9 Å². The number of nitrogens with zero attached hydrogens (tertiary/aromatic N) is 2. The molecule has 0 amide bonds. The highest BCUT2D eigenvalue weighted by molar-refractivity contribution is 9.10.